The smallest absolute Gasteiger partial charge is 0.332 e. The van der Waals surface area contributed by atoms with Gasteiger partial charge in [-0.2, -0.15) is 0 Å². The van der Waals surface area contributed by atoms with Crippen LogP contribution in [-0.4, -0.2) is 22.2 Å². The summed E-state index contributed by atoms with van der Waals surface area (Å²) in [5, 5.41) is 18.0. The minimum Gasteiger partial charge on any atom is -0.478 e. The zero-order chi connectivity index (χ0) is 14.0. The summed E-state index contributed by atoms with van der Waals surface area (Å²) in [7, 11) is 0. The number of carbonyl (C=O) groups is 2. The minimum atomic E-state index is -1.12. The first-order chi connectivity index (χ1) is 8.54. The van der Waals surface area contributed by atoms with Gasteiger partial charge in [-0.25, -0.2) is 9.59 Å². The van der Waals surface area contributed by atoms with Crippen molar-refractivity contribution < 1.29 is 19.8 Å². The first kappa shape index (κ1) is 16.4. The zero-order valence-corrected chi connectivity index (χ0v) is 11.1. The first-order valence-electron chi connectivity index (χ1n) is 6.38. The molecule has 0 atom stereocenters. The molecule has 18 heavy (non-hydrogen) atoms. The lowest BCUT2D eigenvalue weighted by Crippen LogP contribution is -2.11. The first-order valence-corrected chi connectivity index (χ1v) is 6.38. The second kappa shape index (κ2) is 9.45. The maximum atomic E-state index is 11.0. The highest BCUT2D eigenvalue weighted by Crippen LogP contribution is 2.17. The Bertz CT molecular complexity index is 340. The van der Waals surface area contributed by atoms with Crippen molar-refractivity contribution in [1.82, 2.24) is 0 Å². The number of carboxylic acids is 2. The molecule has 0 amide bonds. The van der Waals surface area contributed by atoms with E-state index in [9.17, 15) is 9.59 Å². The highest BCUT2D eigenvalue weighted by molar-refractivity contribution is 5.98. The van der Waals surface area contributed by atoms with E-state index < -0.39 is 11.9 Å². The Hall–Kier alpha value is -1.58. The van der Waals surface area contributed by atoms with Gasteiger partial charge in [0, 0.05) is 11.1 Å². The highest BCUT2D eigenvalue weighted by Gasteiger charge is 2.17. The van der Waals surface area contributed by atoms with Gasteiger partial charge in [0.05, 0.1) is 0 Å². The Morgan fingerprint density at radius 3 is 2.00 bits per heavy atom. The van der Waals surface area contributed by atoms with Crippen LogP contribution in [0.2, 0.25) is 0 Å². The van der Waals surface area contributed by atoms with Crippen molar-refractivity contribution in [3.63, 3.8) is 0 Å². The third kappa shape index (κ3) is 6.23. The van der Waals surface area contributed by atoms with Crippen molar-refractivity contribution >= 4 is 11.9 Å². The fourth-order valence-electron chi connectivity index (χ4n) is 1.73. The standard InChI is InChI=1S/C14H22O4/c1-3-5-6-7-8-9-10-12(14(17)18)11(4-2)13(15)16/h5-6H,3-4,7-10H2,1-2H3,(H,15,16)(H,17,18)/b6-5+,12-11+. The summed E-state index contributed by atoms with van der Waals surface area (Å²) in [5.74, 6) is -2.24. The van der Waals surface area contributed by atoms with E-state index in [1.807, 2.05) is 0 Å². The number of allylic oxidation sites excluding steroid dienone is 2. The molecule has 2 N–H and O–H groups in total. The fourth-order valence-corrected chi connectivity index (χ4v) is 1.73. The van der Waals surface area contributed by atoms with Gasteiger partial charge >= 0.3 is 11.9 Å². The van der Waals surface area contributed by atoms with E-state index in [1.54, 1.807) is 6.92 Å². The average Bonchev–Trinajstić information content (AvgIpc) is 2.31. The van der Waals surface area contributed by atoms with Gasteiger partial charge in [-0.1, -0.05) is 26.0 Å². The minimum absolute atomic E-state index is 0.0200. The van der Waals surface area contributed by atoms with E-state index >= 15 is 0 Å². The summed E-state index contributed by atoms with van der Waals surface area (Å²) in [6.45, 7) is 3.72. The monoisotopic (exact) mass is 254 g/mol. The molecule has 0 aromatic rings. The number of carboxylic acid groups (broad SMARTS) is 2. The molecule has 0 aliphatic carbocycles. The van der Waals surface area contributed by atoms with Gasteiger partial charge in [0.2, 0.25) is 0 Å². The van der Waals surface area contributed by atoms with E-state index in [2.05, 4.69) is 19.1 Å². The number of unbranched alkanes of at least 4 members (excludes halogenated alkanes) is 2. The van der Waals surface area contributed by atoms with Gasteiger partial charge in [-0.05, 0) is 38.5 Å². The summed E-state index contributed by atoms with van der Waals surface area (Å²) >= 11 is 0. The summed E-state index contributed by atoms with van der Waals surface area (Å²) in [4.78, 5) is 22.0. The van der Waals surface area contributed by atoms with Crippen molar-refractivity contribution in [1.29, 1.82) is 0 Å². The fraction of sp³-hybridized carbons (Fsp3) is 0.571. The lowest BCUT2D eigenvalue weighted by Gasteiger charge is -2.06. The Kier molecular flexibility index (Phi) is 8.62. The van der Waals surface area contributed by atoms with Crippen LogP contribution in [0, 0.1) is 0 Å². The summed E-state index contributed by atoms with van der Waals surface area (Å²) in [5.41, 5.74) is 0.0658. The maximum absolute atomic E-state index is 11.0. The van der Waals surface area contributed by atoms with Crippen LogP contribution < -0.4 is 0 Å². The van der Waals surface area contributed by atoms with Crippen LogP contribution in [0.15, 0.2) is 23.3 Å². The van der Waals surface area contributed by atoms with Crippen molar-refractivity contribution in [2.24, 2.45) is 0 Å². The van der Waals surface area contributed by atoms with Gasteiger partial charge < -0.3 is 10.2 Å². The molecule has 0 aliphatic heterocycles. The lowest BCUT2D eigenvalue weighted by atomic mass is 10.00. The van der Waals surface area contributed by atoms with Crippen LogP contribution in [0.5, 0.6) is 0 Å². The molecule has 0 aromatic heterocycles. The molecular formula is C14H22O4. The molecule has 0 spiro atoms. The van der Waals surface area contributed by atoms with Crippen molar-refractivity contribution in [2.75, 3.05) is 0 Å². The molecule has 0 fully saturated rings. The van der Waals surface area contributed by atoms with Gasteiger partial charge in [0.15, 0.2) is 0 Å². The molecule has 0 rings (SSSR count). The van der Waals surface area contributed by atoms with Crippen LogP contribution >= 0.6 is 0 Å². The van der Waals surface area contributed by atoms with Gasteiger partial charge in [0.25, 0.3) is 0 Å². The molecule has 102 valence electrons. The number of rotatable bonds is 9. The van der Waals surface area contributed by atoms with Gasteiger partial charge in [-0.15, -0.1) is 0 Å². The second-order valence-electron chi connectivity index (χ2n) is 4.05. The van der Waals surface area contributed by atoms with Gasteiger partial charge in [-0.3, -0.25) is 0 Å². The SMILES string of the molecule is CC/C=C/CCCC/C(C(=O)O)=C(/CC)C(=O)O. The van der Waals surface area contributed by atoms with E-state index in [4.69, 9.17) is 10.2 Å². The molecule has 0 radical (unpaired) electrons. The van der Waals surface area contributed by atoms with E-state index in [1.165, 1.54) is 0 Å². The Morgan fingerprint density at radius 2 is 1.56 bits per heavy atom. The van der Waals surface area contributed by atoms with Crippen molar-refractivity contribution in [3.8, 4) is 0 Å². The molecule has 0 unspecified atom stereocenters. The van der Waals surface area contributed by atoms with Crippen LogP contribution in [0.25, 0.3) is 0 Å². The Morgan fingerprint density at radius 1 is 0.944 bits per heavy atom. The molecule has 0 saturated carbocycles. The maximum Gasteiger partial charge on any atom is 0.332 e. The third-order valence-corrected chi connectivity index (χ3v) is 2.68. The van der Waals surface area contributed by atoms with Crippen LogP contribution in [0.3, 0.4) is 0 Å². The molecule has 4 nitrogen and oxygen atoms in total. The Labute approximate surface area is 108 Å². The van der Waals surface area contributed by atoms with E-state index in [0.717, 1.165) is 19.3 Å². The molecule has 0 bridgehead atoms. The average molecular weight is 254 g/mol. The van der Waals surface area contributed by atoms with Crippen LogP contribution in [0.1, 0.15) is 52.4 Å². The van der Waals surface area contributed by atoms with E-state index in [-0.39, 0.29) is 17.6 Å². The predicted octanol–water partition coefficient (Wildman–Crippen LogP) is 3.39. The molecule has 0 saturated heterocycles. The molecule has 0 aromatic carbocycles. The normalized spacial score (nSPS) is 12.6. The van der Waals surface area contributed by atoms with Crippen molar-refractivity contribution in [3.05, 3.63) is 23.3 Å². The zero-order valence-electron chi connectivity index (χ0n) is 11.1. The number of aliphatic carboxylic acids is 2. The molecule has 0 aliphatic rings. The topological polar surface area (TPSA) is 74.6 Å². The van der Waals surface area contributed by atoms with E-state index in [0.29, 0.717) is 12.8 Å². The summed E-state index contributed by atoms with van der Waals surface area (Å²) in [6.07, 6.45) is 8.20. The Balaban J connectivity index is 4.43. The predicted molar refractivity (Wildman–Crippen MR) is 70.5 cm³/mol. The lowest BCUT2D eigenvalue weighted by molar-refractivity contribution is -0.136. The van der Waals surface area contributed by atoms with Gasteiger partial charge in [0.1, 0.15) is 0 Å². The largest absolute Gasteiger partial charge is 0.478 e. The quantitative estimate of drug-likeness (QED) is 0.376. The second-order valence-corrected chi connectivity index (χ2v) is 4.05. The number of hydrogen-bond acceptors (Lipinski definition) is 2. The van der Waals surface area contributed by atoms with Crippen molar-refractivity contribution in [2.45, 2.75) is 52.4 Å². The molecular weight excluding hydrogens is 232 g/mol. The highest BCUT2D eigenvalue weighted by atomic mass is 16.4. The summed E-state index contributed by atoms with van der Waals surface area (Å²) in [6, 6.07) is 0. The molecule has 4 heteroatoms. The summed E-state index contributed by atoms with van der Waals surface area (Å²) < 4.78 is 0. The van der Waals surface area contributed by atoms with Crippen LogP contribution in [-0.2, 0) is 9.59 Å². The third-order valence-electron chi connectivity index (χ3n) is 2.68. The number of hydrogen-bond donors (Lipinski definition) is 2. The van der Waals surface area contributed by atoms with Crippen LogP contribution in [0.4, 0.5) is 0 Å². The molecule has 0 heterocycles.